The first-order valence-electron chi connectivity index (χ1n) is 8.06. The van der Waals surface area contributed by atoms with Crippen LogP contribution in [0.2, 0.25) is 0 Å². The predicted octanol–water partition coefficient (Wildman–Crippen LogP) is 2.41. The number of rotatable bonds is 5. The van der Waals surface area contributed by atoms with Crippen molar-refractivity contribution in [2.24, 2.45) is 0 Å². The van der Waals surface area contributed by atoms with Crippen LogP contribution in [0.4, 0.5) is 11.5 Å². The van der Waals surface area contributed by atoms with Gasteiger partial charge in [-0.3, -0.25) is 9.59 Å². The van der Waals surface area contributed by atoms with Crippen molar-refractivity contribution < 1.29 is 9.59 Å². The van der Waals surface area contributed by atoms with E-state index >= 15 is 0 Å². The van der Waals surface area contributed by atoms with E-state index in [4.69, 9.17) is 0 Å². The van der Waals surface area contributed by atoms with E-state index < -0.39 is 0 Å². The smallest absolute Gasteiger partial charge is 0.256 e. The highest BCUT2D eigenvalue weighted by Gasteiger charge is 2.17. The molecule has 1 aromatic heterocycles. The fraction of sp³-hybridized carbons (Fsp3) is 0.278. The Hall–Kier alpha value is -2.73. The summed E-state index contributed by atoms with van der Waals surface area (Å²) in [5.41, 5.74) is 1.09. The van der Waals surface area contributed by atoms with Crippen LogP contribution in [0.25, 0.3) is 0 Å². The molecule has 6 heteroatoms. The molecule has 3 N–H and O–H groups in total. The number of aromatic nitrogens is 1. The van der Waals surface area contributed by atoms with Gasteiger partial charge in [-0.15, -0.1) is 0 Å². The maximum Gasteiger partial charge on any atom is 0.256 e. The number of anilines is 2. The van der Waals surface area contributed by atoms with Gasteiger partial charge in [-0.2, -0.15) is 0 Å². The number of carbonyl (C=O) groups excluding carboxylic acids is 2. The summed E-state index contributed by atoms with van der Waals surface area (Å²) in [5.74, 6) is 0.184. The fourth-order valence-corrected chi connectivity index (χ4v) is 2.73. The molecule has 0 saturated carbocycles. The SMILES string of the molecule is O=C(CC1CCCN1)Nc1cccc(C(=O)Nc2ccccn2)c1. The van der Waals surface area contributed by atoms with E-state index in [0.717, 1.165) is 19.4 Å². The molecular weight excluding hydrogens is 304 g/mol. The van der Waals surface area contributed by atoms with Crippen molar-refractivity contribution in [2.75, 3.05) is 17.2 Å². The van der Waals surface area contributed by atoms with Crippen LogP contribution in [0.15, 0.2) is 48.7 Å². The molecule has 6 nitrogen and oxygen atoms in total. The van der Waals surface area contributed by atoms with Crippen LogP contribution in [0, 0.1) is 0 Å². The standard InChI is InChI=1S/C18H20N4O2/c23-17(12-14-7-4-10-19-14)21-15-6-3-5-13(11-15)18(24)22-16-8-1-2-9-20-16/h1-3,5-6,8-9,11,14,19H,4,7,10,12H2,(H,21,23)(H,20,22,24). The van der Waals surface area contributed by atoms with Gasteiger partial charge >= 0.3 is 0 Å². The van der Waals surface area contributed by atoms with Gasteiger partial charge in [0.05, 0.1) is 0 Å². The van der Waals surface area contributed by atoms with Crippen molar-refractivity contribution in [1.29, 1.82) is 0 Å². The second kappa shape index (κ2) is 7.70. The van der Waals surface area contributed by atoms with Gasteiger partial charge in [0.25, 0.3) is 5.91 Å². The zero-order valence-corrected chi connectivity index (χ0v) is 13.3. The molecule has 2 aromatic rings. The number of benzene rings is 1. The van der Waals surface area contributed by atoms with E-state index in [1.54, 1.807) is 48.7 Å². The summed E-state index contributed by atoms with van der Waals surface area (Å²) >= 11 is 0. The van der Waals surface area contributed by atoms with Crippen molar-refractivity contribution in [3.63, 3.8) is 0 Å². The number of hydrogen-bond donors (Lipinski definition) is 3. The Labute approximate surface area is 140 Å². The van der Waals surface area contributed by atoms with Crippen LogP contribution in [0.3, 0.4) is 0 Å². The van der Waals surface area contributed by atoms with Crippen LogP contribution < -0.4 is 16.0 Å². The van der Waals surface area contributed by atoms with Crippen molar-refractivity contribution in [3.05, 3.63) is 54.2 Å². The number of amides is 2. The van der Waals surface area contributed by atoms with Gasteiger partial charge in [-0.05, 0) is 49.7 Å². The fourth-order valence-electron chi connectivity index (χ4n) is 2.73. The van der Waals surface area contributed by atoms with Crippen LogP contribution in [-0.2, 0) is 4.79 Å². The molecule has 1 unspecified atom stereocenters. The molecular formula is C18H20N4O2. The van der Waals surface area contributed by atoms with Crippen molar-refractivity contribution >= 4 is 23.3 Å². The number of carbonyl (C=O) groups is 2. The predicted molar refractivity (Wildman–Crippen MR) is 92.9 cm³/mol. The number of hydrogen-bond acceptors (Lipinski definition) is 4. The van der Waals surface area contributed by atoms with E-state index in [0.29, 0.717) is 23.5 Å². The van der Waals surface area contributed by atoms with Gasteiger partial charge in [0.2, 0.25) is 5.91 Å². The lowest BCUT2D eigenvalue weighted by atomic mass is 10.1. The van der Waals surface area contributed by atoms with E-state index in [1.807, 2.05) is 0 Å². The molecule has 24 heavy (non-hydrogen) atoms. The Morgan fingerprint density at radius 1 is 1.17 bits per heavy atom. The van der Waals surface area contributed by atoms with Gasteiger partial charge in [-0.25, -0.2) is 4.98 Å². The third-order valence-electron chi connectivity index (χ3n) is 3.91. The van der Waals surface area contributed by atoms with Crippen LogP contribution in [0.5, 0.6) is 0 Å². The number of nitrogens with one attached hydrogen (secondary N) is 3. The van der Waals surface area contributed by atoms with Gasteiger partial charge in [-0.1, -0.05) is 12.1 Å². The quantitative estimate of drug-likeness (QED) is 0.789. The second-order valence-corrected chi connectivity index (χ2v) is 5.80. The first-order chi connectivity index (χ1) is 11.7. The van der Waals surface area contributed by atoms with E-state index in [9.17, 15) is 9.59 Å². The first kappa shape index (κ1) is 16.1. The average molecular weight is 324 g/mol. The molecule has 1 atom stereocenters. The Balaban J connectivity index is 1.60. The van der Waals surface area contributed by atoms with Gasteiger partial charge in [0, 0.05) is 29.9 Å². The normalized spacial score (nSPS) is 16.6. The third-order valence-corrected chi connectivity index (χ3v) is 3.91. The van der Waals surface area contributed by atoms with E-state index in [1.165, 1.54) is 0 Å². The lowest BCUT2D eigenvalue weighted by Crippen LogP contribution is -2.27. The molecule has 2 amide bonds. The van der Waals surface area contributed by atoms with E-state index in [-0.39, 0.29) is 17.9 Å². The highest BCUT2D eigenvalue weighted by atomic mass is 16.2. The molecule has 1 aliphatic rings. The van der Waals surface area contributed by atoms with Crippen molar-refractivity contribution in [1.82, 2.24) is 10.3 Å². The van der Waals surface area contributed by atoms with Crippen LogP contribution in [-0.4, -0.2) is 29.4 Å². The van der Waals surface area contributed by atoms with E-state index in [2.05, 4.69) is 20.9 Å². The minimum absolute atomic E-state index is 0.0447. The monoisotopic (exact) mass is 324 g/mol. The molecule has 1 saturated heterocycles. The minimum Gasteiger partial charge on any atom is -0.326 e. The largest absolute Gasteiger partial charge is 0.326 e. The summed E-state index contributed by atoms with van der Waals surface area (Å²) in [5, 5.41) is 8.88. The van der Waals surface area contributed by atoms with Gasteiger partial charge in [0.15, 0.2) is 0 Å². The molecule has 1 aromatic carbocycles. The second-order valence-electron chi connectivity index (χ2n) is 5.80. The number of pyridine rings is 1. The number of nitrogens with zero attached hydrogens (tertiary/aromatic N) is 1. The zero-order chi connectivity index (χ0) is 16.8. The molecule has 0 aliphatic carbocycles. The lowest BCUT2D eigenvalue weighted by Gasteiger charge is -2.11. The van der Waals surface area contributed by atoms with Crippen LogP contribution >= 0.6 is 0 Å². The van der Waals surface area contributed by atoms with Crippen molar-refractivity contribution in [2.45, 2.75) is 25.3 Å². The summed E-state index contributed by atoms with van der Waals surface area (Å²) in [6.07, 6.45) is 4.20. The Kier molecular flexibility index (Phi) is 5.18. The minimum atomic E-state index is -0.262. The maximum atomic E-state index is 12.3. The van der Waals surface area contributed by atoms with Gasteiger partial charge in [0.1, 0.15) is 5.82 Å². The molecule has 0 radical (unpaired) electrons. The Morgan fingerprint density at radius 3 is 2.83 bits per heavy atom. The third kappa shape index (κ3) is 4.39. The molecule has 2 heterocycles. The molecule has 3 rings (SSSR count). The summed E-state index contributed by atoms with van der Waals surface area (Å²) < 4.78 is 0. The Bertz CT molecular complexity index is 712. The lowest BCUT2D eigenvalue weighted by molar-refractivity contribution is -0.116. The molecule has 0 spiro atoms. The zero-order valence-electron chi connectivity index (χ0n) is 13.3. The molecule has 124 valence electrons. The summed E-state index contributed by atoms with van der Waals surface area (Å²) in [4.78, 5) is 28.4. The van der Waals surface area contributed by atoms with Crippen molar-refractivity contribution in [3.8, 4) is 0 Å². The Morgan fingerprint density at radius 2 is 2.08 bits per heavy atom. The summed E-state index contributed by atoms with van der Waals surface area (Å²) in [6.45, 7) is 0.973. The maximum absolute atomic E-state index is 12.3. The molecule has 1 fully saturated rings. The van der Waals surface area contributed by atoms with Gasteiger partial charge < -0.3 is 16.0 Å². The highest BCUT2D eigenvalue weighted by molar-refractivity contribution is 6.04. The summed E-state index contributed by atoms with van der Waals surface area (Å²) in [6, 6.07) is 12.4. The molecule has 0 bridgehead atoms. The molecule has 1 aliphatic heterocycles. The first-order valence-corrected chi connectivity index (χ1v) is 8.06. The summed E-state index contributed by atoms with van der Waals surface area (Å²) in [7, 11) is 0. The average Bonchev–Trinajstić information content (AvgIpc) is 3.09. The topological polar surface area (TPSA) is 83.1 Å². The van der Waals surface area contributed by atoms with Crippen LogP contribution in [0.1, 0.15) is 29.6 Å². The highest BCUT2D eigenvalue weighted by Crippen LogP contribution is 2.14.